The number of hydrogen-bond donors (Lipinski definition) is 0. The van der Waals surface area contributed by atoms with Gasteiger partial charge in [0.1, 0.15) is 5.76 Å². The van der Waals surface area contributed by atoms with E-state index in [1.165, 1.54) is 4.90 Å². The zero-order chi connectivity index (χ0) is 17.3. The van der Waals surface area contributed by atoms with Crippen LogP contribution in [-0.2, 0) is 0 Å². The first-order valence-corrected chi connectivity index (χ1v) is 7.75. The number of carbonyl (C=O) groups excluding carboxylic acids is 1. The lowest BCUT2D eigenvalue weighted by Crippen LogP contribution is -2.44. The zero-order valence-corrected chi connectivity index (χ0v) is 13.1. The van der Waals surface area contributed by atoms with Gasteiger partial charge in [-0.25, -0.2) is 4.98 Å². The number of hydrogen-bond acceptors (Lipinski definition) is 3. The average molecular weight is 338 g/mol. The summed E-state index contributed by atoms with van der Waals surface area (Å²) in [6.07, 6.45) is -3.90. The SMILES string of the molecule is Cc1oc(-c2ccccc2)nc1C(=O)N1CCC[C@H](C(F)(F)F)C1. The fourth-order valence-corrected chi connectivity index (χ4v) is 2.88. The second-order valence-corrected chi connectivity index (χ2v) is 5.92. The Bertz CT molecular complexity index is 725. The zero-order valence-electron chi connectivity index (χ0n) is 13.1. The molecule has 0 unspecified atom stereocenters. The van der Waals surface area contributed by atoms with E-state index in [0.717, 1.165) is 0 Å². The first-order valence-electron chi connectivity index (χ1n) is 7.75. The number of benzene rings is 1. The smallest absolute Gasteiger partial charge is 0.393 e. The Labute approximate surface area is 137 Å². The van der Waals surface area contributed by atoms with Crippen molar-refractivity contribution in [2.45, 2.75) is 25.9 Å². The van der Waals surface area contributed by atoms with Gasteiger partial charge in [0.15, 0.2) is 5.69 Å². The van der Waals surface area contributed by atoms with E-state index in [1.807, 2.05) is 18.2 Å². The summed E-state index contributed by atoms with van der Waals surface area (Å²) in [7, 11) is 0. The second-order valence-electron chi connectivity index (χ2n) is 5.92. The molecule has 1 aromatic carbocycles. The molecule has 0 radical (unpaired) electrons. The summed E-state index contributed by atoms with van der Waals surface area (Å²) in [4.78, 5) is 18.0. The van der Waals surface area contributed by atoms with Crippen LogP contribution in [0.25, 0.3) is 11.5 Å². The van der Waals surface area contributed by atoms with E-state index in [9.17, 15) is 18.0 Å². The monoisotopic (exact) mass is 338 g/mol. The molecule has 1 fully saturated rings. The van der Waals surface area contributed by atoms with Crippen LogP contribution in [0.4, 0.5) is 13.2 Å². The maximum absolute atomic E-state index is 12.9. The molecule has 1 aliphatic heterocycles. The van der Waals surface area contributed by atoms with Gasteiger partial charge in [-0.15, -0.1) is 0 Å². The summed E-state index contributed by atoms with van der Waals surface area (Å²) in [6.45, 7) is 1.57. The molecule has 128 valence electrons. The number of carbonyl (C=O) groups is 1. The molecule has 2 heterocycles. The molecule has 3 rings (SSSR count). The Kier molecular flexibility index (Phi) is 4.34. The highest BCUT2D eigenvalue weighted by Gasteiger charge is 2.43. The molecule has 1 atom stereocenters. The number of rotatable bonds is 2. The number of likely N-dealkylation sites (tertiary alicyclic amines) is 1. The van der Waals surface area contributed by atoms with Gasteiger partial charge in [-0.05, 0) is 31.9 Å². The Balaban J connectivity index is 1.82. The van der Waals surface area contributed by atoms with Crippen molar-refractivity contribution in [3.63, 3.8) is 0 Å². The molecule has 1 aliphatic rings. The first kappa shape index (κ1) is 16.5. The largest absolute Gasteiger partial charge is 0.441 e. The van der Waals surface area contributed by atoms with Crippen LogP contribution in [0.5, 0.6) is 0 Å². The molecule has 0 N–H and O–H groups in total. The summed E-state index contributed by atoms with van der Waals surface area (Å²) < 4.78 is 44.3. The number of aryl methyl sites for hydroxylation is 1. The topological polar surface area (TPSA) is 46.3 Å². The molecule has 0 bridgehead atoms. The van der Waals surface area contributed by atoms with Gasteiger partial charge in [0.2, 0.25) is 5.89 Å². The van der Waals surface area contributed by atoms with Crippen LogP contribution in [0.3, 0.4) is 0 Å². The van der Waals surface area contributed by atoms with Gasteiger partial charge in [0.05, 0.1) is 5.92 Å². The molecule has 24 heavy (non-hydrogen) atoms. The van der Waals surface area contributed by atoms with Crippen LogP contribution in [0.15, 0.2) is 34.7 Å². The summed E-state index contributed by atoms with van der Waals surface area (Å²) >= 11 is 0. The number of piperidine rings is 1. The lowest BCUT2D eigenvalue weighted by molar-refractivity contribution is -0.184. The molecule has 0 saturated carbocycles. The Morgan fingerprint density at radius 3 is 2.67 bits per heavy atom. The minimum absolute atomic E-state index is 0.0559. The van der Waals surface area contributed by atoms with Gasteiger partial charge >= 0.3 is 6.18 Å². The van der Waals surface area contributed by atoms with E-state index in [4.69, 9.17) is 4.42 Å². The maximum Gasteiger partial charge on any atom is 0.393 e. The Morgan fingerprint density at radius 1 is 1.29 bits per heavy atom. The van der Waals surface area contributed by atoms with E-state index >= 15 is 0 Å². The van der Waals surface area contributed by atoms with Crippen molar-refractivity contribution in [1.29, 1.82) is 0 Å². The molecular weight excluding hydrogens is 321 g/mol. The Morgan fingerprint density at radius 2 is 2.00 bits per heavy atom. The molecule has 1 aromatic heterocycles. The number of nitrogens with zero attached hydrogens (tertiary/aromatic N) is 2. The number of alkyl halides is 3. The van der Waals surface area contributed by atoms with Crippen molar-refractivity contribution in [3.05, 3.63) is 41.8 Å². The molecule has 7 heteroatoms. The van der Waals surface area contributed by atoms with E-state index in [0.29, 0.717) is 30.2 Å². The summed E-state index contributed by atoms with van der Waals surface area (Å²) in [5.41, 5.74) is 0.795. The second kappa shape index (κ2) is 6.30. The van der Waals surface area contributed by atoms with Crippen LogP contribution in [0, 0.1) is 12.8 Å². The maximum atomic E-state index is 12.9. The van der Waals surface area contributed by atoms with Crippen LogP contribution in [0.2, 0.25) is 0 Å². The molecule has 1 amide bonds. The van der Waals surface area contributed by atoms with Gasteiger partial charge < -0.3 is 9.32 Å². The predicted octanol–water partition coefficient (Wildman–Crippen LogP) is 4.06. The molecule has 0 aliphatic carbocycles. The fourth-order valence-electron chi connectivity index (χ4n) is 2.88. The van der Waals surface area contributed by atoms with Crippen molar-refractivity contribution in [2.75, 3.05) is 13.1 Å². The van der Waals surface area contributed by atoms with E-state index in [1.54, 1.807) is 19.1 Å². The number of oxazole rings is 1. The first-order chi connectivity index (χ1) is 11.4. The van der Waals surface area contributed by atoms with Crippen molar-refractivity contribution in [3.8, 4) is 11.5 Å². The molecule has 0 spiro atoms. The normalized spacial score (nSPS) is 18.7. The molecule has 1 saturated heterocycles. The number of halogens is 3. The van der Waals surface area contributed by atoms with Gasteiger partial charge in [-0.1, -0.05) is 18.2 Å². The van der Waals surface area contributed by atoms with Gasteiger partial charge in [-0.2, -0.15) is 13.2 Å². The van der Waals surface area contributed by atoms with Crippen molar-refractivity contribution >= 4 is 5.91 Å². The quantitative estimate of drug-likeness (QED) is 0.829. The van der Waals surface area contributed by atoms with E-state index < -0.39 is 18.0 Å². The third-order valence-corrected chi connectivity index (χ3v) is 4.19. The molecular formula is C17H17F3N2O2. The van der Waals surface area contributed by atoms with Crippen molar-refractivity contribution in [1.82, 2.24) is 9.88 Å². The standard InChI is InChI=1S/C17H17F3N2O2/c1-11-14(21-15(24-11)12-6-3-2-4-7-12)16(23)22-9-5-8-13(10-22)17(18,19)20/h2-4,6-7,13H,5,8-10H2,1H3/t13-/m0/s1. The minimum atomic E-state index is -4.28. The fraction of sp³-hybridized carbons (Fsp3) is 0.412. The van der Waals surface area contributed by atoms with Crippen LogP contribution in [-0.4, -0.2) is 35.1 Å². The van der Waals surface area contributed by atoms with Crippen LogP contribution >= 0.6 is 0 Å². The highest BCUT2D eigenvalue weighted by molar-refractivity contribution is 5.93. The molecule has 2 aromatic rings. The summed E-state index contributed by atoms with van der Waals surface area (Å²) in [6, 6.07) is 9.06. The van der Waals surface area contributed by atoms with Crippen LogP contribution in [0.1, 0.15) is 29.1 Å². The third kappa shape index (κ3) is 3.29. The van der Waals surface area contributed by atoms with Crippen LogP contribution < -0.4 is 0 Å². The van der Waals surface area contributed by atoms with Crippen molar-refractivity contribution in [2.24, 2.45) is 5.92 Å². The molecule has 4 nitrogen and oxygen atoms in total. The highest BCUT2D eigenvalue weighted by Crippen LogP contribution is 2.34. The lowest BCUT2D eigenvalue weighted by atomic mass is 9.97. The minimum Gasteiger partial charge on any atom is -0.441 e. The van der Waals surface area contributed by atoms with Crippen molar-refractivity contribution < 1.29 is 22.4 Å². The highest BCUT2D eigenvalue weighted by atomic mass is 19.4. The number of aromatic nitrogens is 1. The van der Waals surface area contributed by atoms with E-state index in [2.05, 4.69) is 4.98 Å². The Hall–Kier alpha value is -2.31. The van der Waals surface area contributed by atoms with Gasteiger partial charge in [-0.3, -0.25) is 4.79 Å². The summed E-state index contributed by atoms with van der Waals surface area (Å²) in [5, 5.41) is 0. The predicted molar refractivity (Wildman–Crippen MR) is 81.4 cm³/mol. The van der Waals surface area contributed by atoms with Gasteiger partial charge in [0, 0.05) is 18.7 Å². The lowest BCUT2D eigenvalue weighted by Gasteiger charge is -2.33. The average Bonchev–Trinajstić information content (AvgIpc) is 2.96. The number of amides is 1. The van der Waals surface area contributed by atoms with Gasteiger partial charge in [0.25, 0.3) is 5.91 Å². The summed E-state index contributed by atoms with van der Waals surface area (Å²) in [5.74, 6) is -1.38. The third-order valence-electron chi connectivity index (χ3n) is 4.19. The van der Waals surface area contributed by atoms with E-state index in [-0.39, 0.29) is 18.7 Å².